The molecule has 4 N–H and O–H groups in total. The van der Waals surface area contributed by atoms with Gasteiger partial charge in [0.1, 0.15) is 11.6 Å². The third kappa shape index (κ3) is 3.03. The fraction of sp³-hybridized carbons (Fsp3) is 0.353. The highest BCUT2D eigenvalue weighted by atomic mass is 16.3. The SMILES string of the molecule is Cc1cc(Nc2cc3ncccc3c(NC3CCC(O)C3)n2)n[nH]1. The van der Waals surface area contributed by atoms with E-state index < -0.39 is 0 Å². The minimum atomic E-state index is -0.222. The van der Waals surface area contributed by atoms with Crippen molar-refractivity contribution in [1.29, 1.82) is 0 Å². The molecule has 3 heterocycles. The lowest BCUT2D eigenvalue weighted by atomic mass is 10.2. The van der Waals surface area contributed by atoms with Gasteiger partial charge in [-0.15, -0.1) is 0 Å². The van der Waals surface area contributed by atoms with Crippen LogP contribution in [0.15, 0.2) is 30.5 Å². The average Bonchev–Trinajstić information content (AvgIpc) is 3.16. The number of aryl methyl sites for hydroxylation is 1. The summed E-state index contributed by atoms with van der Waals surface area (Å²) in [7, 11) is 0. The molecule has 3 aromatic heterocycles. The summed E-state index contributed by atoms with van der Waals surface area (Å²) in [6.07, 6.45) is 4.08. The molecule has 24 heavy (non-hydrogen) atoms. The Labute approximate surface area is 139 Å². The molecule has 7 heteroatoms. The average molecular weight is 324 g/mol. The third-order valence-electron chi connectivity index (χ3n) is 4.31. The monoisotopic (exact) mass is 324 g/mol. The summed E-state index contributed by atoms with van der Waals surface area (Å²) in [5.41, 5.74) is 1.85. The van der Waals surface area contributed by atoms with E-state index in [9.17, 15) is 5.11 Å². The Balaban J connectivity index is 1.67. The zero-order valence-corrected chi connectivity index (χ0v) is 13.5. The minimum Gasteiger partial charge on any atom is -0.393 e. The van der Waals surface area contributed by atoms with Gasteiger partial charge < -0.3 is 15.7 Å². The van der Waals surface area contributed by atoms with E-state index in [0.29, 0.717) is 5.82 Å². The summed E-state index contributed by atoms with van der Waals surface area (Å²) < 4.78 is 0. The van der Waals surface area contributed by atoms with E-state index in [0.717, 1.165) is 47.5 Å². The molecule has 1 aliphatic carbocycles. The smallest absolute Gasteiger partial charge is 0.153 e. The molecule has 0 aromatic carbocycles. The number of rotatable bonds is 4. The molecule has 3 aromatic rings. The van der Waals surface area contributed by atoms with Crippen molar-refractivity contribution < 1.29 is 5.11 Å². The van der Waals surface area contributed by atoms with Crippen molar-refractivity contribution in [3.8, 4) is 0 Å². The van der Waals surface area contributed by atoms with Crippen LogP contribution in [0.25, 0.3) is 10.9 Å². The van der Waals surface area contributed by atoms with Crippen molar-refractivity contribution in [2.45, 2.75) is 38.3 Å². The standard InChI is InChI=1S/C17H20N6O/c1-10-7-16(23-22-10)20-15-9-14-13(3-2-6-18-14)17(21-15)19-11-4-5-12(24)8-11/h2-3,6-7,9,11-12,24H,4-5,8H2,1H3,(H3,19,20,21,22,23). The first-order valence-corrected chi connectivity index (χ1v) is 8.17. The highest BCUT2D eigenvalue weighted by Gasteiger charge is 2.23. The maximum Gasteiger partial charge on any atom is 0.153 e. The molecule has 0 spiro atoms. The normalized spacial score (nSPS) is 20.4. The van der Waals surface area contributed by atoms with Crippen LogP contribution in [0, 0.1) is 6.92 Å². The van der Waals surface area contributed by atoms with Gasteiger partial charge in [0.25, 0.3) is 0 Å². The third-order valence-corrected chi connectivity index (χ3v) is 4.31. The number of nitrogens with one attached hydrogen (secondary N) is 3. The van der Waals surface area contributed by atoms with Crippen molar-refractivity contribution >= 4 is 28.4 Å². The highest BCUT2D eigenvalue weighted by molar-refractivity contribution is 5.91. The van der Waals surface area contributed by atoms with E-state index in [4.69, 9.17) is 4.98 Å². The molecule has 1 saturated carbocycles. The predicted octanol–water partition coefficient (Wildman–Crippen LogP) is 2.73. The zero-order valence-electron chi connectivity index (χ0n) is 13.5. The van der Waals surface area contributed by atoms with Crippen molar-refractivity contribution in [2.24, 2.45) is 0 Å². The molecule has 0 bridgehead atoms. The topological polar surface area (TPSA) is 98.8 Å². The minimum absolute atomic E-state index is 0.222. The summed E-state index contributed by atoms with van der Waals surface area (Å²) in [4.78, 5) is 9.14. The molecular weight excluding hydrogens is 304 g/mol. The van der Waals surface area contributed by atoms with Crippen LogP contribution < -0.4 is 10.6 Å². The first kappa shape index (κ1) is 14.9. The summed E-state index contributed by atoms with van der Waals surface area (Å²) in [6, 6.07) is 7.98. The number of fused-ring (bicyclic) bond motifs is 1. The molecule has 1 aliphatic rings. The van der Waals surface area contributed by atoms with Crippen LogP contribution in [0.5, 0.6) is 0 Å². The Morgan fingerprint density at radius 1 is 1.25 bits per heavy atom. The summed E-state index contributed by atoms with van der Waals surface area (Å²) in [5.74, 6) is 2.20. The summed E-state index contributed by atoms with van der Waals surface area (Å²) in [5, 5.41) is 24.5. The molecule has 0 radical (unpaired) electrons. The Morgan fingerprint density at radius 3 is 2.92 bits per heavy atom. The van der Waals surface area contributed by atoms with E-state index in [1.807, 2.05) is 31.2 Å². The van der Waals surface area contributed by atoms with Gasteiger partial charge in [-0.2, -0.15) is 5.10 Å². The number of aromatic amines is 1. The van der Waals surface area contributed by atoms with Crippen molar-refractivity contribution in [1.82, 2.24) is 20.2 Å². The Morgan fingerprint density at radius 2 is 2.17 bits per heavy atom. The summed E-state index contributed by atoms with van der Waals surface area (Å²) in [6.45, 7) is 1.95. The molecule has 7 nitrogen and oxygen atoms in total. The van der Waals surface area contributed by atoms with Gasteiger partial charge in [0.2, 0.25) is 0 Å². The van der Waals surface area contributed by atoms with Crippen molar-refractivity contribution in [2.75, 3.05) is 10.6 Å². The molecule has 0 saturated heterocycles. The molecule has 124 valence electrons. The predicted molar refractivity (Wildman–Crippen MR) is 93.4 cm³/mol. The number of anilines is 3. The lowest BCUT2D eigenvalue weighted by Crippen LogP contribution is -2.18. The number of H-pyrrole nitrogens is 1. The fourth-order valence-electron chi connectivity index (χ4n) is 3.14. The molecule has 1 fully saturated rings. The second-order valence-corrected chi connectivity index (χ2v) is 6.30. The Kier molecular flexibility index (Phi) is 3.78. The zero-order chi connectivity index (χ0) is 16.5. The maximum absolute atomic E-state index is 9.75. The van der Waals surface area contributed by atoms with Crippen LogP contribution in [0.3, 0.4) is 0 Å². The Hall–Kier alpha value is -2.67. The second kappa shape index (κ2) is 6.09. The number of hydrogen-bond donors (Lipinski definition) is 4. The quantitative estimate of drug-likeness (QED) is 0.589. The Bertz CT molecular complexity index is 861. The lowest BCUT2D eigenvalue weighted by Gasteiger charge is -2.16. The largest absolute Gasteiger partial charge is 0.393 e. The van der Waals surface area contributed by atoms with Crippen LogP contribution in [0.1, 0.15) is 25.0 Å². The maximum atomic E-state index is 9.75. The molecule has 2 atom stereocenters. The van der Waals surface area contributed by atoms with Gasteiger partial charge in [-0.1, -0.05) is 0 Å². The van der Waals surface area contributed by atoms with Crippen LogP contribution in [0.4, 0.5) is 17.5 Å². The van der Waals surface area contributed by atoms with E-state index >= 15 is 0 Å². The van der Waals surface area contributed by atoms with E-state index in [-0.39, 0.29) is 12.1 Å². The van der Waals surface area contributed by atoms with Gasteiger partial charge in [0.15, 0.2) is 5.82 Å². The first-order chi connectivity index (χ1) is 11.7. The van der Waals surface area contributed by atoms with Crippen LogP contribution in [0.2, 0.25) is 0 Å². The van der Waals surface area contributed by atoms with Gasteiger partial charge in [0, 0.05) is 35.5 Å². The van der Waals surface area contributed by atoms with Crippen molar-refractivity contribution in [3.63, 3.8) is 0 Å². The highest BCUT2D eigenvalue weighted by Crippen LogP contribution is 2.28. The number of nitrogens with zero attached hydrogens (tertiary/aromatic N) is 3. The first-order valence-electron chi connectivity index (χ1n) is 8.17. The van der Waals surface area contributed by atoms with E-state index in [1.54, 1.807) is 6.20 Å². The van der Waals surface area contributed by atoms with Gasteiger partial charge >= 0.3 is 0 Å². The molecular formula is C17H20N6O. The van der Waals surface area contributed by atoms with Gasteiger partial charge in [0.05, 0.1) is 11.6 Å². The van der Waals surface area contributed by atoms with Crippen molar-refractivity contribution in [3.05, 3.63) is 36.2 Å². The second-order valence-electron chi connectivity index (χ2n) is 6.30. The van der Waals surface area contributed by atoms with Gasteiger partial charge in [-0.3, -0.25) is 10.1 Å². The van der Waals surface area contributed by atoms with Crippen LogP contribution in [-0.2, 0) is 0 Å². The lowest BCUT2D eigenvalue weighted by molar-refractivity contribution is 0.182. The molecule has 4 rings (SSSR count). The molecule has 0 aliphatic heterocycles. The number of aliphatic hydroxyl groups excluding tert-OH is 1. The summed E-state index contributed by atoms with van der Waals surface area (Å²) >= 11 is 0. The number of hydrogen-bond acceptors (Lipinski definition) is 6. The fourth-order valence-corrected chi connectivity index (χ4v) is 3.14. The molecule has 0 amide bonds. The molecule has 2 unspecified atom stereocenters. The van der Waals surface area contributed by atoms with Gasteiger partial charge in [-0.25, -0.2) is 4.98 Å². The van der Waals surface area contributed by atoms with Crippen LogP contribution >= 0.6 is 0 Å². The number of aliphatic hydroxyl groups is 1. The number of pyridine rings is 2. The van der Waals surface area contributed by atoms with E-state index in [1.165, 1.54) is 0 Å². The number of aromatic nitrogens is 4. The van der Waals surface area contributed by atoms with Gasteiger partial charge in [-0.05, 0) is 38.3 Å². The van der Waals surface area contributed by atoms with Crippen LogP contribution in [-0.4, -0.2) is 37.4 Å². The van der Waals surface area contributed by atoms with E-state index in [2.05, 4.69) is 25.8 Å².